The number of hydrogen-bond acceptors (Lipinski definition) is 1. The number of allylic oxidation sites excluding steroid dienone is 1. The molecule has 0 saturated carbocycles. The molecule has 0 saturated heterocycles. The zero-order valence-electron chi connectivity index (χ0n) is 6.03. The standard InChI is InChI=1S/C10H8O/c1-9(11)7-8-10-5-3-2-4-6-10/h1-8H/b8-7+. The quantitative estimate of drug-likeness (QED) is 0.580. The largest absolute Gasteiger partial charge is 0.294 e. The zero-order chi connectivity index (χ0) is 8.10. The molecule has 2 radical (unpaired) electrons. The molecular weight excluding hydrogens is 136 g/mol. The van der Waals surface area contributed by atoms with Crippen LogP contribution in [0.15, 0.2) is 36.4 Å². The van der Waals surface area contributed by atoms with Gasteiger partial charge in [-0.25, -0.2) is 0 Å². The minimum absolute atomic E-state index is 0.422. The third-order valence-corrected chi connectivity index (χ3v) is 1.24. The molecule has 0 bridgehead atoms. The van der Waals surface area contributed by atoms with Gasteiger partial charge in [-0.3, -0.25) is 4.79 Å². The fourth-order valence-corrected chi connectivity index (χ4v) is 0.743. The van der Waals surface area contributed by atoms with Gasteiger partial charge in [-0.05, 0) is 11.6 Å². The third kappa shape index (κ3) is 2.80. The van der Waals surface area contributed by atoms with E-state index in [2.05, 4.69) is 0 Å². The third-order valence-electron chi connectivity index (χ3n) is 1.24. The average molecular weight is 144 g/mol. The first-order valence-corrected chi connectivity index (χ1v) is 3.31. The fraction of sp³-hybridized carbons (Fsp3) is 0. The normalized spacial score (nSPS) is 10.3. The highest BCUT2D eigenvalue weighted by atomic mass is 16.1. The van der Waals surface area contributed by atoms with Crippen LogP contribution in [0.1, 0.15) is 5.56 Å². The lowest BCUT2D eigenvalue weighted by Gasteiger charge is -1.88. The summed E-state index contributed by atoms with van der Waals surface area (Å²) in [6, 6.07) is 9.53. The second-order valence-corrected chi connectivity index (χ2v) is 2.15. The van der Waals surface area contributed by atoms with Gasteiger partial charge in [0.15, 0.2) is 5.78 Å². The van der Waals surface area contributed by atoms with Crippen molar-refractivity contribution in [2.75, 3.05) is 0 Å². The van der Waals surface area contributed by atoms with Crippen molar-refractivity contribution in [3.05, 3.63) is 48.9 Å². The molecule has 0 atom stereocenters. The summed E-state index contributed by atoms with van der Waals surface area (Å²) in [6.45, 7) is 4.91. The van der Waals surface area contributed by atoms with Crippen LogP contribution in [-0.4, -0.2) is 5.78 Å². The lowest BCUT2D eigenvalue weighted by Crippen LogP contribution is -1.79. The molecule has 0 aromatic heterocycles. The number of carbonyl (C=O) groups is 1. The molecule has 0 N–H and O–H groups in total. The van der Waals surface area contributed by atoms with Crippen molar-refractivity contribution in [1.29, 1.82) is 0 Å². The minimum atomic E-state index is -0.422. The van der Waals surface area contributed by atoms with Crippen molar-refractivity contribution in [2.24, 2.45) is 0 Å². The topological polar surface area (TPSA) is 17.1 Å². The Morgan fingerprint density at radius 3 is 2.45 bits per heavy atom. The van der Waals surface area contributed by atoms with Crippen molar-refractivity contribution < 1.29 is 4.79 Å². The molecule has 1 rings (SSSR count). The van der Waals surface area contributed by atoms with Gasteiger partial charge in [-0.1, -0.05) is 36.4 Å². The van der Waals surface area contributed by atoms with Gasteiger partial charge in [0.1, 0.15) is 0 Å². The second kappa shape index (κ2) is 3.71. The Bertz CT molecular complexity index is 259. The van der Waals surface area contributed by atoms with Crippen LogP contribution in [0.25, 0.3) is 6.08 Å². The van der Waals surface area contributed by atoms with Crippen LogP contribution in [-0.2, 0) is 4.79 Å². The summed E-state index contributed by atoms with van der Waals surface area (Å²) in [5.41, 5.74) is 0.978. The second-order valence-electron chi connectivity index (χ2n) is 2.15. The van der Waals surface area contributed by atoms with E-state index in [0.717, 1.165) is 5.56 Å². The number of benzene rings is 1. The van der Waals surface area contributed by atoms with Gasteiger partial charge in [0.25, 0.3) is 0 Å². The van der Waals surface area contributed by atoms with Crippen LogP contribution in [0.2, 0.25) is 0 Å². The first-order chi connectivity index (χ1) is 5.29. The summed E-state index contributed by atoms with van der Waals surface area (Å²) in [5, 5.41) is 0. The Kier molecular flexibility index (Phi) is 2.61. The van der Waals surface area contributed by atoms with E-state index in [0.29, 0.717) is 0 Å². The van der Waals surface area contributed by atoms with E-state index in [1.54, 1.807) is 6.08 Å². The highest BCUT2D eigenvalue weighted by Crippen LogP contribution is 2.00. The number of hydrogen-bond donors (Lipinski definition) is 0. The van der Waals surface area contributed by atoms with Crippen molar-refractivity contribution in [2.45, 2.75) is 0 Å². The summed E-state index contributed by atoms with van der Waals surface area (Å²) in [6.07, 6.45) is 3.03. The summed E-state index contributed by atoms with van der Waals surface area (Å²) >= 11 is 0. The maximum atomic E-state index is 10.3. The molecule has 0 amide bonds. The Morgan fingerprint density at radius 1 is 1.27 bits per heavy atom. The molecule has 0 heterocycles. The molecule has 54 valence electrons. The maximum absolute atomic E-state index is 10.3. The Balaban J connectivity index is 2.72. The van der Waals surface area contributed by atoms with Gasteiger partial charge in [0.2, 0.25) is 0 Å². The van der Waals surface area contributed by atoms with E-state index in [-0.39, 0.29) is 0 Å². The van der Waals surface area contributed by atoms with E-state index in [4.69, 9.17) is 6.92 Å². The first-order valence-electron chi connectivity index (χ1n) is 3.31. The minimum Gasteiger partial charge on any atom is -0.294 e. The number of rotatable bonds is 2. The Hall–Kier alpha value is -1.37. The number of carbonyl (C=O) groups excluding carboxylic acids is 1. The van der Waals surface area contributed by atoms with Crippen molar-refractivity contribution in [3.63, 3.8) is 0 Å². The average Bonchev–Trinajstić information content (AvgIpc) is 2.03. The van der Waals surface area contributed by atoms with Gasteiger partial charge in [-0.2, -0.15) is 0 Å². The van der Waals surface area contributed by atoms with E-state index < -0.39 is 5.78 Å². The van der Waals surface area contributed by atoms with E-state index in [1.807, 2.05) is 30.3 Å². The highest BCUT2D eigenvalue weighted by Gasteiger charge is 1.84. The van der Waals surface area contributed by atoms with Crippen molar-refractivity contribution in [3.8, 4) is 0 Å². The molecule has 1 heteroatoms. The van der Waals surface area contributed by atoms with Crippen LogP contribution in [0.3, 0.4) is 0 Å². The molecule has 0 aliphatic carbocycles. The molecule has 1 nitrogen and oxygen atoms in total. The molecule has 1 aromatic rings. The van der Waals surface area contributed by atoms with Crippen LogP contribution < -0.4 is 0 Å². The van der Waals surface area contributed by atoms with Gasteiger partial charge in [0, 0.05) is 6.92 Å². The maximum Gasteiger partial charge on any atom is 0.160 e. The molecule has 11 heavy (non-hydrogen) atoms. The Morgan fingerprint density at radius 2 is 1.91 bits per heavy atom. The summed E-state index contributed by atoms with van der Waals surface area (Å²) in [4.78, 5) is 10.3. The predicted octanol–water partition coefficient (Wildman–Crippen LogP) is 1.98. The molecule has 0 aliphatic rings. The summed E-state index contributed by atoms with van der Waals surface area (Å²) in [5.74, 6) is -0.422. The summed E-state index contributed by atoms with van der Waals surface area (Å²) < 4.78 is 0. The van der Waals surface area contributed by atoms with Crippen molar-refractivity contribution >= 4 is 11.9 Å². The van der Waals surface area contributed by atoms with Gasteiger partial charge in [-0.15, -0.1) is 0 Å². The van der Waals surface area contributed by atoms with E-state index in [1.165, 1.54) is 6.08 Å². The van der Waals surface area contributed by atoms with Gasteiger partial charge < -0.3 is 0 Å². The Labute approximate surface area is 66.4 Å². The van der Waals surface area contributed by atoms with Crippen molar-refractivity contribution in [1.82, 2.24) is 0 Å². The fourth-order valence-electron chi connectivity index (χ4n) is 0.743. The van der Waals surface area contributed by atoms with Gasteiger partial charge in [0.05, 0.1) is 0 Å². The first kappa shape index (κ1) is 7.73. The summed E-state index contributed by atoms with van der Waals surface area (Å²) in [7, 11) is 0. The predicted molar refractivity (Wildman–Crippen MR) is 44.8 cm³/mol. The van der Waals surface area contributed by atoms with Crippen LogP contribution >= 0.6 is 0 Å². The van der Waals surface area contributed by atoms with Crippen LogP contribution in [0.5, 0.6) is 0 Å². The monoisotopic (exact) mass is 144 g/mol. The van der Waals surface area contributed by atoms with E-state index >= 15 is 0 Å². The molecule has 1 aromatic carbocycles. The zero-order valence-corrected chi connectivity index (χ0v) is 6.03. The van der Waals surface area contributed by atoms with E-state index in [9.17, 15) is 4.79 Å². The lowest BCUT2D eigenvalue weighted by molar-refractivity contribution is -0.110. The molecule has 0 aliphatic heterocycles. The molecule has 0 spiro atoms. The SMILES string of the molecule is [CH]C(=O)/C=C/c1ccccc1. The molecular formula is C10H8O. The van der Waals surface area contributed by atoms with Crippen LogP contribution in [0.4, 0.5) is 0 Å². The van der Waals surface area contributed by atoms with Crippen LogP contribution in [0, 0.1) is 6.92 Å². The smallest absolute Gasteiger partial charge is 0.160 e. The highest BCUT2D eigenvalue weighted by molar-refractivity contribution is 5.96. The molecule has 0 unspecified atom stereocenters. The lowest BCUT2D eigenvalue weighted by atomic mass is 10.2. The molecule has 0 fully saturated rings. The number of ketones is 1. The van der Waals surface area contributed by atoms with Gasteiger partial charge >= 0.3 is 0 Å².